The average molecular weight is 268 g/mol. The first-order valence-corrected chi connectivity index (χ1v) is 5.87. The van der Waals surface area contributed by atoms with Crippen LogP contribution in [0.1, 0.15) is 12.3 Å². The summed E-state index contributed by atoms with van der Waals surface area (Å²) in [5.41, 5.74) is 0.686. The van der Waals surface area contributed by atoms with Gasteiger partial charge in [-0.3, -0.25) is 10.1 Å². The highest BCUT2D eigenvalue weighted by molar-refractivity contribution is 6.17. The van der Waals surface area contributed by atoms with Gasteiger partial charge in [-0.25, -0.2) is 0 Å². The zero-order valence-corrected chi connectivity index (χ0v) is 10.1. The number of non-ortho nitro benzene ring substituents is 1. The molecule has 18 heavy (non-hydrogen) atoms. The summed E-state index contributed by atoms with van der Waals surface area (Å²) in [6, 6.07) is 5.96. The largest absolute Gasteiger partial charge is 0.421 e. The lowest BCUT2D eigenvalue weighted by atomic mass is 10.2. The zero-order chi connectivity index (χ0) is 13.0. The van der Waals surface area contributed by atoms with E-state index in [2.05, 4.69) is 10.2 Å². The first-order valence-electron chi connectivity index (χ1n) is 5.34. The summed E-state index contributed by atoms with van der Waals surface area (Å²) in [4.78, 5) is 10.1. The van der Waals surface area contributed by atoms with Gasteiger partial charge in [0, 0.05) is 30.0 Å². The molecule has 0 unspecified atom stereocenters. The molecule has 0 saturated heterocycles. The average Bonchev–Trinajstić information content (AvgIpc) is 2.85. The van der Waals surface area contributed by atoms with Gasteiger partial charge < -0.3 is 4.42 Å². The quantitative estimate of drug-likeness (QED) is 0.473. The molecule has 1 aromatic carbocycles. The molecule has 1 heterocycles. The number of nitro benzene ring substituents is 1. The molecule has 0 aliphatic carbocycles. The minimum Gasteiger partial charge on any atom is -0.421 e. The summed E-state index contributed by atoms with van der Waals surface area (Å²) < 4.78 is 5.42. The van der Waals surface area contributed by atoms with Crippen molar-refractivity contribution in [2.75, 3.05) is 5.88 Å². The van der Waals surface area contributed by atoms with Crippen molar-refractivity contribution in [3.8, 4) is 11.5 Å². The number of hydrogen-bond donors (Lipinski definition) is 0. The number of rotatable bonds is 5. The van der Waals surface area contributed by atoms with Gasteiger partial charge in [-0.15, -0.1) is 21.8 Å². The second-order valence-electron chi connectivity index (χ2n) is 3.60. The Bertz CT molecular complexity index is 539. The highest BCUT2D eigenvalue weighted by Gasteiger charge is 2.10. The number of benzene rings is 1. The molecular formula is C11H10ClN3O3. The van der Waals surface area contributed by atoms with Gasteiger partial charge in [-0.05, 0) is 18.6 Å². The van der Waals surface area contributed by atoms with Crippen LogP contribution in [0, 0.1) is 10.1 Å². The Labute approximate surface area is 108 Å². The first kappa shape index (κ1) is 12.5. The fraction of sp³-hybridized carbons (Fsp3) is 0.273. The standard InChI is InChI=1S/C11H10ClN3O3/c12-7-1-2-10-13-14-11(18-10)8-3-5-9(6-4-8)15(16)17/h3-6H,1-2,7H2. The molecule has 0 radical (unpaired) electrons. The minimum absolute atomic E-state index is 0.0284. The minimum atomic E-state index is -0.455. The molecule has 2 aromatic rings. The maximum atomic E-state index is 10.5. The molecule has 0 fully saturated rings. The molecule has 0 saturated carbocycles. The van der Waals surface area contributed by atoms with E-state index in [1.165, 1.54) is 12.1 Å². The number of aromatic nitrogens is 2. The smallest absolute Gasteiger partial charge is 0.269 e. The molecule has 0 amide bonds. The number of halogens is 1. The van der Waals surface area contributed by atoms with Crippen LogP contribution in [0.3, 0.4) is 0 Å². The van der Waals surface area contributed by atoms with Gasteiger partial charge in [0.05, 0.1) is 4.92 Å². The molecule has 0 spiro atoms. The van der Waals surface area contributed by atoms with Crippen LogP contribution in [0.4, 0.5) is 5.69 Å². The van der Waals surface area contributed by atoms with Crippen LogP contribution in [0.15, 0.2) is 28.7 Å². The Hall–Kier alpha value is -1.95. The second kappa shape index (κ2) is 5.59. The third-order valence-corrected chi connectivity index (χ3v) is 2.58. The SMILES string of the molecule is O=[N+]([O-])c1ccc(-c2nnc(CCCCl)o2)cc1. The molecule has 1 aromatic heterocycles. The molecule has 0 bridgehead atoms. The Morgan fingerprint density at radius 2 is 2.00 bits per heavy atom. The van der Waals surface area contributed by atoms with Crippen LogP contribution < -0.4 is 0 Å². The van der Waals surface area contributed by atoms with Crippen molar-refractivity contribution in [2.24, 2.45) is 0 Å². The molecule has 0 N–H and O–H groups in total. The van der Waals surface area contributed by atoms with Crippen molar-refractivity contribution in [3.05, 3.63) is 40.3 Å². The van der Waals surface area contributed by atoms with E-state index in [-0.39, 0.29) is 5.69 Å². The van der Waals surface area contributed by atoms with Gasteiger partial charge in [-0.1, -0.05) is 0 Å². The van der Waals surface area contributed by atoms with E-state index >= 15 is 0 Å². The number of hydrogen-bond acceptors (Lipinski definition) is 5. The van der Waals surface area contributed by atoms with Crippen LogP contribution >= 0.6 is 11.6 Å². The van der Waals surface area contributed by atoms with Crippen molar-refractivity contribution in [3.63, 3.8) is 0 Å². The molecule has 0 atom stereocenters. The molecular weight excluding hydrogens is 258 g/mol. The van der Waals surface area contributed by atoms with Gasteiger partial charge in [0.2, 0.25) is 11.8 Å². The van der Waals surface area contributed by atoms with Crippen LogP contribution in [0.2, 0.25) is 0 Å². The third-order valence-electron chi connectivity index (χ3n) is 2.32. The van der Waals surface area contributed by atoms with Crippen molar-refractivity contribution >= 4 is 17.3 Å². The Balaban J connectivity index is 2.15. The van der Waals surface area contributed by atoms with Crippen molar-refractivity contribution in [1.29, 1.82) is 0 Å². The monoisotopic (exact) mass is 267 g/mol. The van der Waals surface area contributed by atoms with E-state index < -0.39 is 4.92 Å². The molecule has 0 aliphatic rings. The fourth-order valence-corrected chi connectivity index (χ4v) is 1.55. The summed E-state index contributed by atoms with van der Waals surface area (Å²) >= 11 is 5.57. The molecule has 7 heteroatoms. The fourth-order valence-electron chi connectivity index (χ4n) is 1.42. The molecule has 94 valence electrons. The highest BCUT2D eigenvalue weighted by atomic mass is 35.5. The second-order valence-corrected chi connectivity index (χ2v) is 3.98. The topological polar surface area (TPSA) is 82.1 Å². The summed E-state index contributed by atoms with van der Waals surface area (Å²) in [6.45, 7) is 0. The third kappa shape index (κ3) is 2.84. The van der Waals surface area contributed by atoms with Gasteiger partial charge in [0.15, 0.2) is 0 Å². The van der Waals surface area contributed by atoms with E-state index in [0.29, 0.717) is 29.6 Å². The van der Waals surface area contributed by atoms with Gasteiger partial charge >= 0.3 is 0 Å². The number of nitrogens with zero attached hydrogens (tertiary/aromatic N) is 3. The maximum absolute atomic E-state index is 10.5. The molecule has 6 nitrogen and oxygen atoms in total. The normalized spacial score (nSPS) is 10.5. The van der Waals surface area contributed by atoms with E-state index in [4.69, 9.17) is 16.0 Å². The first-order chi connectivity index (χ1) is 8.70. The van der Waals surface area contributed by atoms with E-state index in [1.54, 1.807) is 12.1 Å². The lowest BCUT2D eigenvalue weighted by Gasteiger charge is -1.94. The van der Waals surface area contributed by atoms with Crippen LogP contribution in [0.5, 0.6) is 0 Å². The number of aryl methyl sites for hydroxylation is 1. The van der Waals surface area contributed by atoms with E-state index in [1.807, 2.05) is 0 Å². The van der Waals surface area contributed by atoms with Crippen molar-refractivity contribution in [1.82, 2.24) is 10.2 Å². The summed E-state index contributed by atoms with van der Waals surface area (Å²) in [5, 5.41) is 18.3. The van der Waals surface area contributed by atoms with E-state index in [0.717, 1.165) is 6.42 Å². The summed E-state index contributed by atoms with van der Waals surface area (Å²) in [5.74, 6) is 1.41. The summed E-state index contributed by atoms with van der Waals surface area (Å²) in [7, 11) is 0. The van der Waals surface area contributed by atoms with Gasteiger partial charge in [0.1, 0.15) is 0 Å². The maximum Gasteiger partial charge on any atom is 0.269 e. The Morgan fingerprint density at radius 3 is 2.61 bits per heavy atom. The summed E-state index contributed by atoms with van der Waals surface area (Å²) in [6.07, 6.45) is 1.40. The predicted octanol–water partition coefficient (Wildman–Crippen LogP) is 2.82. The van der Waals surface area contributed by atoms with Gasteiger partial charge in [-0.2, -0.15) is 0 Å². The van der Waals surface area contributed by atoms with Crippen LogP contribution in [-0.2, 0) is 6.42 Å². The molecule has 0 aliphatic heterocycles. The lowest BCUT2D eigenvalue weighted by molar-refractivity contribution is -0.384. The Morgan fingerprint density at radius 1 is 1.28 bits per heavy atom. The highest BCUT2D eigenvalue weighted by Crippen LogP contribution is 2.21. The predicted molar refractivity (Wildman–Crippen MR) is 65.4 cm³/mol. The number of alkyl halides is 1. The zero-order valence-electron chi connectivity index (χ0n) is 9.38. The van der Waals surface area contributed by atoms with Gasteiger partial charge in [0.25, 0.3) is 5.69 Å². The van der Waals surface area contributed by atoms with Crippen LogP contribution in [0.25, 0.3) is 11.5 Å². The lowest BCUT2D eigenvalue weighted by Crippen LogP contribution is -1.87. The Kier molecular flexibility index (Phi) is 3.88. The molecule has 2 rings (SSSR count). The van der Waals surface area contributed by atoms with E-state index in [9.17, 15) is 10.1 Å². The van der Waals surface area contributed by atoms with Crippen molar-refractivity contribution in [2.45, 2.75) is 12.8 Å². The van der Waals surface area contributed by atoms with Crippen molar-refractivity contribution < 1.29 is 9.34 Å². The van der Waals surface area contributed by atoms with Crippen LogP contribution in [-0.4, -0.2) is 21.0 Å². The number of nitro groups is 1.